The van der Waals surface area contributed by atoms with E-state index in [0.29, 0.717) is 11.3 Å². The number of nitro groups is 1. The van der Waals surface area contributed by atoms with Crippen LogP contribution in [0.15, 0.2) is 52.1 Å². The first kappa shape index (κ1) is 21.3. The monoisotopic (exact) mass is 447 g/mol. The molecule has 0 unspecified atom stereocenters. The van der Waals surface area contributed by atoms with E-state index in [1.54, 1.807) is 24.3 Å². The van der Waals surface area contributed by atoms with Gasteiger partial charge in [0.2, 0.25) is 17.7 Å². The molecule has 154 valence electrons. The Kier molecular flexibility index (Phi) is 6.65. The molecule has 1 aromatic heterocycles. The molecule has 2 N–H and O–H groups in total. The molecule has 0 bridgehead atoms. The summed E-state index contributed by atoms with van der Waals surface area (Å²) in [5.74, 6) is -0.329. The molecule has 0 saturated carbocycles. The lowest BCUT2D eigenvalue weighted by Crippen LogP contribution is -2.14. The van der Waals surface area contributed by atoms with Crippen molar-refractivity contribution in [3.63, 3.8) is 0 Å². The predicted octanol–water partition coefficient (Wildman–Crippen LogP) is 3.99. The fourth-order valence-corrected chi connectivity index (χ4v) is 3.10. The molecular formula is C18H14ClN5O5S. The van der Waals surface area contributed by atoms with Crippen LogP contribution in [-0.4, -0.2) is 32.7 Å². The maximum atomic E-state index is 12.1. The molecule has 0 aliphatic heterocycles. The number of hydrogen-bond acceptors (Lipinski definition) is 8. The SMILES string of the molecule is CC(=O)Nc1ccc(-c2nnc(SCC(=O)Nc3ccc([N+](=O)[O-])cc3Cl)o2)cc1. The van der Waals surface area contributed by atoms with E-state index in [1.807, 2.05) is 0 Å². The fourth-order valence-electron chi connectivity index (χ4n) is 2.32. The Morgan fingerprint density at radius 2 is 1.90 bits per heavy atom. The number of amides is 2. The van der Waals surface area contributed by atoms with E-state index in [0.717, 1.165) is 17.8 Å². The summed E-state index contributed by atoms with van der Waals surface area (Å²) in [6.07, 6.45) is 0. The van der Waals surface area contributed by atoms with Crippen molar-refractivity contribution in [1.82, 2.24) is 10.2 Å². The van der Waals surface area contributed by atoms with Gasteiger partial charge in [-0.1, -0.05) is 23.4 Å². The van der Waals surface area contributed by atoms with Gasteiger partial charge >= 0.3 is 0 Å². The van der Waals surface area contributed by atoms with Crippen LogP contribution in [0.3, 0.4) is 0 Å². The molecule has 0 radical (unpaired) electrons. The predicted molar refractivity (Wildman–Crippen MR) is 111 cm³/mol. The van der Waals surface area contributed by atoms with Gasteiger partial charge in [-0.2, -0.15) is 0 Å². The molecule has 0 atom stereocenters. The number of rotatable bonds is 7. The van der Waals surface area contributed by atoms with E-state index in [-0.39, 0.29) is 39.2 Å². The third-order valence-corrected chi connectivity index (χ3v) is 4.75. The zero-order valence-corrected chi connectivity index (χ0v) is 17.0. The zero-order valence-electron chi connectivity index (χ0n) is 15.4. The largest absolute Gasteiger partial charge is 0.411 e. The van der Waals surface area contributed by atoms with Gasteiger partial charge in [-0.3, -0.25) is 19.7 Å². The van der Waals surface area contributed by atoms with Crippen molar-refractivity contribution in [2.24, 2.45) is 0 Å². The number of carbonyl (C=O) groups excluding carboxylic acids is 2. The topological polar surface area (TPSA) is 140 Å². The van der Waals surface area contributed by atoms with E-state index < -0.39 is 10.8 Å². The molecular weight excluding hydrogens is 434 g/mol. The second kappa shape index (κ2) is 9.37. The molecule has 2 aromatic carbocycles. The highest BCUT2D eigenvalue weighted by Gasteiger charge is 2.14. The number of halogens is 1. The van der Waals surface area contributed by atoms with E-state index in [1.165, 1.54) is 19.1 Å². The van der Waals surface area contributed by atoms with Crippen LogP contribution in [0.4, 0.5) is 17.1 Å². The minimum atomic E-state index is -0.576. The summed E-state index contributed by atoms with van der Waals surface area (Å²) in [6.45, 7) is 1.42. The summed E-state index contributed by atoms with van der Waals surface area (Å²) in [5.41, 5.74) is 1.39. The summed E-state index contributed by atoms with van der Waals surface area (Å²) in [5, 5.41) is 24.0. The maximum absolute atomic E-state index is 12.1. The summed E-state index contributed by atoms with van der Waals surface area (Å²) in [4.78, 5) is 33.3. The van der Waals surface area contributed by atoms with Crippen molar-refractivity contribution in [2.75, 3.05) is 16.4 Å². The first-order valence-corrected chi connectivity index (χ1v) is 9.76. The van der Waals surface area contributed by atoms with Crippen molar-refractivity contribution in [3.8, 4) is 11.5 Å². The Morgan fingerprint density at radius 1 is 1.17 bits per heavy atom. The molecule has 10 nitrogen and oxygen atoms in total. The normalized spacial score (nSPS) is 10.5. The summed E-state index contributed by atoms with van der Waals surface area (Å²) < 4.78 is 5.53. The Bertz CT molecular complexity index is 1100. The number of carbonyl (C=O) groups is 2. The molecule has 2 amide bonds. The Balaban J connectivity index is 1.57. The number of aromatic nitrogens is 2. The van der Waals surface area contributed by atoms with E-state index in [9.17, 15) is 19.7 Å². The van der Waals surface area contributed by atoms with Crippen molar-refractivity contribution in [1.29, 1.82) is 0 Å². The third-order valence-electron chi connectivity index (χ3n) is 3.62. The number of benzene rings is 2. The average molecular weight is 448 g/mol. The summed E-state index contributed by atoms with van der Waals surface area (Å²) >= 11 is 6.98. The van der Waals surface area contributed by atoms with Crippen LogP contribution in [0.2, 0.25) is 5.02 Å². The minimum absolute atomic E-state index is 0.0313. The van der Waals surface area contributed by atoms with Crippen LogP contribution >= 0.6 is 23.4 Å². The van der Waals surface area contributed by atoms with Gasteiger partial charge < -0.3 is 15.1 Å². The molecule has 3 rings (SSSR count). The molecule has 3 aromatic rings. The van der Waals surface area contributed by atoms with Crippen molar-refractivity contribution >= 4 is 52.2 Å². The number of non-ortho nitro benzene ring substituents is 1. The molecule has 0 spiro atoms. The quantitative estimate of drug-likeness (QED) is 0.314. The second-order valence-electron chi connectivity index (χ2n) is 5.89. The molecule has 12 heteroatoms. The Labute approximate surface area is 179 Å². The first-order valence-electron chi connectivity index (χ1n) is 8.40. The molecule has 0 aliphatic rings. The minimum Gasteiger partial charge on any atom is -0.411 e. The van der Waals surface area contributed by atoms with Gasteiger partial charge in [0.15, 0.2) is 0 Å². The molecule has 0 fully saturated rings. The number of hydrogen-bond donors (Lipinski definition) is 2. The number of nitrogens with zero attached hydrogens (tertiary/aromatic N) is 3. The average Bonchev–Trinajstić information content (AvgIpc) is 3.17. The van der Waals surface area contributed by atoms with Gasteiger partial charge in [0.1, 0.15) is 0 Å². The molecule has 1 heterocycles. The highest BCUT2D eigenvalue weighted by Crippen LogP contribution is 2.28. The van der Waals surface area contributed by atoms with Gasteiger partial charge in [0.05, 0.1) is 21.4 Å². The Morgan fingerprint density at radius 3 is 2.53 bits per heavy atom. The lowest BCUT2D eigenvalue weighted by Gasteiger charge is -2.06. The van der Waals surface area contributed by atoms with Crippen molar-refractivity contribution in [2.45, 2.75) is 12.1 Å². The van der Waals surface area contributed by atoms with Gasteiger partial charge in [-0.05, 0) is 30.3 Å². The Hall–Kier alpha value is -3.44. The first-order chi connectivity index (χ1) is 14.3. The lowest BCUT2D eigenvalue weighted by atomic mass is 10.2. The van der Waals surface area contributed by atoms with E-state index in [2.05, 4.69) is 20.8 Å². The van der Waals surface area contributed by atoms with Crippen LogP contribution in [-0.2, 0) is 9.59 Å². The smallest absolute Gasteiger partial charge is 0.277 e. The van der Waals surface area contributed by atoms with Crippen LogP contribution in [0, 0.1) is 10.1 Å². The highest BCUT2D eigenvalue weighted by atomic mass is 35.5. The van der Waals surface area contributed by atoms with Crippen LogP contribution < -0.4 is 10.6 Å². The summed E-state index contributed by atoms with van der Waals surface area (Å²) in [6, 6.07) is 10.6. The number of anilines is 2. The number of thioether (sulfide) groups is 1. The van der Waals surface area contributed by atoms with Gasteiger partial charge in [-0.25, -0.2) is 0 Å². The lowest BCUT2D eigenvalue weighted by molar-refractivity contribution is -0.384. The zero-order chi connectivity index (χ0) is 21.7. The molecule has 0 saturated heterocycles. The second-order valence-corrected chi connectivity index (χ2v) is 7.22. The van der Waals surface area contributed by atoms with Gasteiger partial charge in [0.25, 0.3) is 10.9 Å². The molecule has 30 heavy (non-hydrogen) atoms. The van der Waals surface area contributed by atoms with Crippen LogP contribution in [0.1, 0.15) is 6.92 Å². The van der Waals surface area contributed by atoms with Crippen molar-refractivity contribution < 1.29 is 18.9 Å². The fraction of sp³-hybridized carbons (Fsp3) is 0.111. The van der Waals surface area contributed by atoms with Crippen LogP contribution in [0.25, 0.3) is 11.5 Å². The van der Waals surface area contributed by atoms with Gasteiger partial charge in [-0.15, -0.1) is 10.2 Å². The van der Waals surface area contributed by atoms with Crippen molar-refractivity contribution in [3.05, 3.63) is 57.6 Å². The molecule has 0 aliphatic carbocycles. The summed E-state index contributed by atoms with van der Waals surface area (Å²) in [7, 11) is 0. The third kappa shape index (κ3) is 5.55. The number of nitro benzene ring substituents is 1. The van der Waals surface area contributed by atoms with E-state index in [4.69, 9.17) is 16.0 Å². The van der Waals surface area contributed by atoms with Crippen LogP contribution in [0.5, 0.6) is 0 Å². The number of nitrogens with one attached hydrogen (secondary N) is 2. The maximum Gasteiger partial charge on any atom is 0.277 e. The standard InChI is InChI=1S/C18H14ClN5O5S/c1-10(25)20-12-4-2-11(3-5-12)17-22-23-18(29-17)30-9-16(26)21-15-7-6-13(24(27)28)8-14(15)19/h2-8H,9H2,1H3,(H,20,25)(H,21,26). The van der Waals surface area contributed by atoms with E-state index >= 15 is 0 Å². The van der Waals surface area contributed by atoms with Gasteiger partial charge in [0, 0.05) is 30.3 Å². The highest BCUT2D eigenvalue weighted by molar-refractivity contribution is 7.99.